The highest BCUT2D eigenvalue weighted by Crippen LogP contribution is 2.26. The summed E-state index contributed by atoms with van der Waals surface area (Å²) in [6, 6.07) is 5.46. The maximum atomic E-state index is 11.9. The zero-order valence-electron chi connectivity index (χ0n) is 9.41. The van der Waals surface area contributed by atoms with Crippen molar-refractivity contribution in [2.75, 3.05) is 0 Å². The third-order valence-electron chi connectivity index (χ3n) is 2.27. The highest BCUT2D eigenvalue weighted by atomic mass is 19.4. The Kier molecular flexibility index (Phi) is 3.74. The maximum absolute atomic E-state index is 11.9. The molecule has 0 amide bonds. The lowest BCUT2D eigenvalue weighted by atomic mass is 10.2. The topological polar surface area (TPSA) is 30.8 Å². The van der Waals surface area contributed by atoms with Gasteiger partial charge in [0.05, 0.1) is 0 Å². The van der Waals surface area contributed by atoms with Gasteiger partial charge in [-0.1, -0.05) is 17.3 Å². The first-order chi connectivity index (χ1) is 8.53. The van der Waals surface area contributed by atoms with E-state index in [2.05, 4.69) is 16.1 Å². The fourth-order valence-electron chi connectivity index (χ4n) is 1.22. The normalized spacial score (nSPS) is 15.9. The van der Waals surface area contributed by atoms with Gasteiger partial charge in [-0.3, -0.25) is 0 Å². The fourth-order valence-corrected chi connectivity index (χ4v) is 1.22. The second-order valence-corrected chi connectivity index (χ2v) is 3.96. The second kappa shape index (κ2) is 5.29. The number of ether oxygens (including phenoxy) is 1. The van der Waals surface area contributed by atoms with E-state index in [0.717, 1.165) is 12.8 Å². The molecule has 1 aromatic carbocycles. The van der Waals surface area contributed by atoms with Gasteiger partial charge >= 0.3 is 6.36 Å². The van der Waals surface area contributed by atoms with E-state index in [1.807, 2.05) is 0 Å². The Labute approximate surface area is 102 Å². The first kappa shape index (κ1) is 12.7. The van der Waals surface area contributed by atoms with Crippen molar-refractivity contribution in [2.24, 2.45) is 11.1 Å². The van der Waals surface area contributed by atoms with Gasteiger partial charge in [0.15, 0.2) is 0 Å². The molecule has 2 rings (SSSR count). The summed E-state index contributed by atoms with van der Waals surface area (Å²) >= 11 is 0. The minimum atomic E-state index is -4.67. The molecule has 0 bridgehead atoms. The number of alkyl halides is 3. The van der Waals surface area contributed by atoms with Crippen molar-refractivity contribution >= 4 is 6.21 Å². The molecule has 1 aliphatic rings. The quantitative estimate of drug-likeness (QED) is 0.598. The van der Waals surface area contributed by atoms with Crippen molar-refractivity contribution in [1.82, 2.24) is 0 Å². The maximum Gasteiger partial charge on any atom is 0.573 e. The van der Waals surface area contributed by atoms with Crippen LogP contribution in [0.5, 0.6) is 5.75 Å². The molecule has 0 aromatic heterocycles. The lowest BCUT2D eigenvalue weighted by molar-refractivity contribution is -0.274. The van der Waals surface area contributed by atoms with Gasteiger partial charge in [0.25, 0.3) is 0 Å². The van der Waals surface area contributed by atoms with Crippen LogP contribution in [0.4, 0.5) is 13.2 Å². The van der Waals surface area contributed by atoms with Crippen LogP contribution in [-0.2, 0) is 11.4 Å². The molecule has 0 heterocycles. The molecule has 1 fully saturated rings. The lowest BCUT2D eigenvalue weighted by Gasteiger charge is -2.08. The molecular weight excluding hydrogens is 247 g/mol. The standard InChI is InChI=1S/C12H11F3NO2/c13-12(14,15)18-11-5-3-10(4-6-11)8-17-16-7-9-1-2-9/h3-6,9H,1-2,8H2. The fraction of sp³-hybridized carbons (Fsp3) is 0.417. The molecule has 1 aliphatic carbocycles. The van der Waals surface area contributed by atoms with Crippen molar-refractivity contribution in [3.05, 3.63) is 29.8 Å². The average molecular weight is 258 g/mol. The zero-order valence-corrected chi connectivity index (χ0v) is 9.41. The van der Waals surface area contributed by atoms with Gasteiger partial charge in [-0.15, -0.1) is 13.2 Å². The predicted molar refractivity (Wildman–Crippen MR) is 58.1 cm³/mol. The molecule has 0 aliphatic heterocycles. The van der Waals surface area contributed by atoms with Crippen LogP contribution in [0.1, 0.15) is 18.4 Å². The SMILES string of the molecule is FC(F)(F)Oc1ccc(CO/N=[C]\C2CC2)cc1. The molecule has 1 radical (unpaired) electrons. The summed E-state index contributed by atoms with van der Waals surface area (Å²) in [5, 5.41) is 3.65. The highest BCUT2D eigenvalue weighted by Gasteiger charge is 2.30. The van der Waals surface area contributed by atoms with E-state index >= 15 is 0 Å². The van der Waals surface area contributed by atoms with Gasteiger partial charge in [0, 0.05) is 5.92 Å². The van der Waals surface area contributed by atoms with Crippen LogP contribution in [0.2, 0.25) is 0 Å². The van der Waals surface area contributed by atoms with E-state index in [1.54, 1.807) is 0 Å². The molecule has 97 valence electrons. The van der Waals surface area contributed by atoms with Gasteiger partial charge in [0.2, 0.25) is 0 Å². The van der Waals surface area contributed by atoms with Crippen molar-refractivity contribution in [2.45, 2.75) is 25.8 Å². The third kappa shape index (κ3) is 4.65. The van der Waals surface area contributed by atoms with Crippen LogP contribution in [0, 0.1) is 5.92 Å². The van der Waals surface area contributed by atoms with E-state index in [9.17, 15) is 13.2 Å². The van der Waals surface area contributed by atoms with Crippen LogP contribution in [0.15, 0.2) is 29.4 Å². The summed E-state index contributed by atoms with van der Waals surface area (Å²) in [6.45, 7) is 0.200. The highest BCUT2D eigenvalue weighted by molar-refractivity contribution is 5.62. The Morgan fingerprint density at radius 1 is 1.22 bits per heavy atom. The molecule has 0 spiro atoms. The smallest absolute Gasteiger partial charge is 0.406 e. The van der Waals surface area contributed by atoms with Gasteiger partial charge in [-0.2, -0.15) is 0 Å². The van der Waals surface area contributed by atoms with E-state index in [4.69, 9.17) is 4.84 Å². The Hall–Kier alpha value is -1.72. The summed E-state index contributed by atoms with van der Waals surface area (Å²) in [5.74, 6) is 0.159. The van der Waals surface area contributed by atoms with Crippen molar-refractivity contribution in [3.8, 4) is 5.75 Å². The number of nitrogens with zero attached hydrogens (tertiary/aromatic N) is 1. The van der Waals surface area contributed by atoms with Crippen LogP contribution in [0.25, 0.3) is 0 Å². The van der Waals surface area contributed by atoms with Crippen molar-refractivity contribution in [3.63, 3.8) is 0 Å². The Morgan fingerprint density at radius 3 is 2.44 bits per heavy atom. The number of hydrogen-bond acceptors (Lipinski definition) is 3. The van der Waals surface area contributed by atoms with Gasteiger partial charge < -0.3 is 9.57 Å². The minimum absolute atomic E-state index is 0.200. The molecule has 18 heavy (non-hydrogen) atoms. The molecule has 0 N–H and O–H groups in total. The lowest BCUT2D eigenvalue weighted by Crippen LogP contribution is -2.17. The predicted octanol–water partition coefficient (Wildman–Crippen LogP) is 3.37. The van der Waals surface area contributed by atoms with Crippen LogP contribution >= 0.6 is 0 Å². The molecule has 0 atom stereocenters. The number of benzene rings is 1. The van der Waals surface area contributed by atoms with E-state index < -0.39 is 6.36 Å². The second-order valence-electron chi connectivity index (χ2n) is 3.96. The van der Waals surface area contributed by atoms with Crippen LogP contribution in [-0.4, -0.2) is 12.6 Å². The number of halogens is 3. The first-order valence-corrected chi connectivity index (χ1v) is 5.45. The first-order valence-electron chi connectivity index (χ1n) is 5.45. The monoisotopic (exact) mass is 258 g/mol. The van der Waals surface area contributed by atoms with E-state index in [1.165, 1.54) is 24.3 Å². The summed E-state index contributed by atoms with van der Waals surface area (Å²) in [5.41, 5.74) is 0.714. The van der Waals surface area contributed by atoms with Gasteiger partial charge in [0.1, 0.15) is 18.6 Å². The van der Waals surface area contributed by atoms with E-state index in [-0.39, 0.29) is 12.4 Å². The zero-order chi connectivity index (χ0) is 13.0. The van der Waals surface area contributed by atoms with Crippen molar-refractivity contribution < 1.29 is 22.7 Å². The van der Waals surface area contributed by atoms with E-state index in [0.29, 0.717) is 11.5 Å². The van der Waals surface area contributed by atoms with Crippen LogP contribution < -0.4 is 4.74 Å². The summed E-state index contributed by atoms with van der Waals surface area (Å²) in [7, 11) is 0. The summed E-state index contributed by atoms with van der Waals surface area (Å²) < 4.78 is 39.5. The molecule has 6 heteroatoms. The van der Waals surface area contributed by atoms with Crippen LogP contribution in [0.3, 0.4) is 0 Å². The summed E-state index contributed by atoms with van der Waals surface area (Å²) in [6.07, 6.45) is 0.321. The third-order valence-corrected chi connectivity index (χ3v) is 2.27. The van der Waals surface area contributed by atoms with Crippen molar-refractivity contribution in [1.29, 1.82) is 0 Å². The number of rotatable bonds is 5. The minimum Gasteiger partial charge on any atom is -0.406 e. The molecule has 1 aromatic rings. The molecule has 3 nitrogen and oxygen atoms in total. The summed E-state index contributed by atoms with van der Waals surface area (Å²) in [4.78, 5) is 4.96. The Morgan fingerprint density at radius 2 is 1.89 bits per heavy atom. The number of hydrogen-bond donors (Lipinski definition) is 0. The molecular formula is C12H11F3NO2. The van der Waals surface area contributed by atoms with Gasteiger partial charge in [-0.05, 0) is 30.5 Å². The Balaban J connectivity index is 1.79. The largest absolute Gasteiger partial charge is 0.573 e. The van der Waals surface area contributed by atoms with Gasteiger partial charge in [-0.25, -0.2) is 0 Å². The molecule has 1 saturated carbocycles. The average Bonchev–Trinajstić information content (AvgIpc) is 3.08. The molecule has 0 saturated heterocycles. The Bertz CT molecular complexity index is 410. The molecule has 0 unspecified atom stereocenters.